The summed E-state index contributed by atoms with van der Waals surface area (Å²) in [6, 6.07) is 13.9. The summed E-state index contributed by atoms with van der Waals surface area (Å²) in [7, 11) is 3.14. The molecule has 0 unspecified atom stereocenters. The quantitative estimate of drug-likeness (QED) is 0.629. The Balaban J connectivity index is 1.88. The van der Waals surface area contributed by atoms with E-state index in [9.17, 15) is 14.7 Å². The lowest BCUT2D eigenvalue weighted by atomic mass is 10.1. The van der Waals surface area contributed by atoms with Gasteiger partial charge in [-0.05, 0) is 24.1 Å². The number of hydrogen-bond acceptors (Lipinski definition) is 4. The molecule has 31 heavy (non-hydrogen) atoms. The first-order valence-electron chi connectivity index (χ1n) is 9.80. The minimum Gasteiger partial charge on any atom is -0.497 e. The highest BCUT2D eigenvalue weighted by molar-refractivity contribution is 9.11. The van der Waals surface area contributed by atoms with Crippen molar-refractivity contribution < 1.29 is 24.2 Å². The molecule has 1 aliphatic heterocycles. The first-order valence-corrected chi connectivity index (χ1v) is 10.6. The largest absolute Gasteiger partial charge is 0.497 e. The predicted molar refractivity (Wildman–Crippen MR) is 120 cm³/mol. The van der Waals surface area contributed by atoms with E-state index in [1.54, 1.807) is 25.2 Å². The zero-order chi connectivity index (χ0) is 22.4. The average Bonchev–Trinajstić information content (AvgIpc) is 2.91. The summed E-state index contributed by atoms with van der Waals surface area (Å²) in [4.78, 5) is 28.4. The van der Waals surface area contributed by atoms with Crippen LogP contribution in [0.5, 0.6) is 11.5 Å². The highest BCUT2D eigenvalue weighted by atomic mass is 79.9. The van der Waals surface area contributed by atoms with Crippen LogP contribution < -0.4 is 9.47 Å². The third kappa shape index (κ3) is 5.58. The molecule has 164 valence electrons. The number of rotatable bonds is 7. The van der Waals surface area contributed by atoms with E-state index in [2.05, 4.69) is 15.9 Å². The van der Waals surface area contributed by atoms with Crippen LogP contribution in [0.25, 0.3) is 0 Å². The van der Waals surface area contributed by atoms with Crippen molar-refractivity contribution >= 4 is 27.9 Å². The number of benzene rings is 2. The van der Waals surface area contributed by atoms with Gasteiger partial charge in [-0.1, -0.05) is 52.3 Å². The lowest BCUT2D eigenvalue weighted by Gasteiger charge is -2.31. The molecule has 3 rings (SSSR count). The fourth-order valence-electron chi connectivity index (χ4n) is 3.55. The molecule has 2 amide bonds. The maximum absolute atomic E-state index is 13.5. The monoisotopic (exact) mass is 488 g/mol. The van der Waals surface area contributed by atoms with Crippen LogP contribution >= 0.6 is 15.9 Å². The van der Waals surface area contributed by atoms with E-state index in [1.165, 1.54) is 4.90 Å². The normalized spacial score (nSPS) is 16.4. The van der Waals surface area contributed by atoms with Crippen LogP contribution in [0.4, 0.5) is 4.79 Å². The fourth-order valence-corrected chi connectivity index (χ4v) is 4.04. The molecule has 0 bridgehead atoms. The van der Waals surface area contributed by atoms with E-state index in [0.29, 0.717) is 24.5 Å². The summed E-state index contributed by atoms with van der Waals surface area (Å²) >= 11 is 3.51. The maximum atomic E-state index is 13.5. The molecule has 8 heteroatoms. The van der Waals surface area contributed by atoms with Crippen LogP contribution in [0.2, 0.25) is 0 Å². The van der Waals surface area contributed by atoms with Gasteiger partial charge in [-0.25, -0.2) is 4.79 Å². The zero-order valence-corrected chi connectivity index (χ0v) is 19.0. The lowest BCUT2D eigenvalue weighted by molar-refractivity contribution is -0.136. The summed E-state index contributed by atoms with van der Waals surface area (Å²) in [5.74, 6) is 1.01. The molecule has 7 nitrogen and oxygen atoms in total. The number of carbonyl (C=O) groups is 2. The minimum absolute atomic E-state index is 0.137. The van der Waals surface area contributed by atoms with Crippen molar-refractivity contribution in [2.75, 3.05) is 20.8 Å². The van der Waals surface area contributed by atoms with Gasteiger partial charge in [0, 0.05) is 29.2 Å². The van der Waals surface area contributed by atoms with Gasteiger partial charge in [-0.2, -0.15) is 0 Å². The first-order chi connectivity index (χ1) is 14.9. The Hall–Kier alpha value is -3.00. The van der Waals surface area contributed by atoms with Crippen LogP contribution in [-0.4, -0.2) is 53.7 Å². The van der Waals surface area contributed by atoms with Gasteiger partial charge in [0.2, 0.25) is 5.91 Å². The van der Waals surface area contributed by atoms with Gasteiger partial charge in [0.05, 0.1) is 20.8 Å². The van der Waals surface area contributed by atoms with Crippen molar-refractivity contribution in [2.45, 2.75) is 25.6 Å². The third-order valence-electron chi connectivity index (χ3n) is 5.17. The summed E-state index contributed by atoms with van der Waals surface area (Å²) in [5.41, 5.74) is 1.64. The topological polar surface area (TPSA) is 79.3 Å². The first kappa shape index (κ1) is 22.7. The van der Waals surface area contributed by atoms with Gasteiger partial charge in [-0.15, -0.1) is 0 Å². The number of methoxy groups -OCH3 is 2. The number of hydrogen-bond donors (Lipinski definition) is 1. The van der Waals surface area contributed by atoms with Crippen LogP contribution in [-0.2, 0) is 17.9 Å². The van der Waals surface area contributed by atoms with Crippen molar-refractivity contribution in [1.29, 1.82) is 0 Å². The molecule has 0 spiro atoms. The highest BCUT2D eigenvalue weighted by Gasteiger charge is 2.34. The second-order valence-corrected chi connectivity index (χ2v) is 8.19. The molecule has 2 aromatic carbocycles. The molecule has 1 aliphatic rings. The summed E-state index contributed by atoms with van der Waals surface area (Å²) in [6.45, 7) is 0.769. The average molecular weight is 489 g/mol. The molecule has 0 aromatic heterocycles. The Bertz CT molecular complexity index is 964. The van der Waals surface area contributed by atoms with Crippen LogP contribution in [0, 0.1) is 0 Å². The molecule has 1 atom stereocenters. The van der Waals surface area contributed by atoms with Gasteiger partial charge in [-0.3, -0.25) is 9.69 Å². The molecule has 0 radical (unpaired) electrons. The standard InChI is InChI=1S/C23H25BrN2O5/c1-30-19-10-8-17(21(12-19)31-2)14-25-15-18(24)9-11-20(22(25)27)26(23(28)29)13-16-6-4-3-5-7-16/h3-10,12,20H,11,13-15H2,1-2H3,(H,28,29)/t20-/m1/s1. The number of halogens is 1. The Morgan fingerprint density at radius 1 is 1.19 bits per heavy atom. The van der Waals surface area contributed by atoms with Crippen molar-refractivity contribution in [1.82, 2.24) is 9.80 Å². The summed E-state index contributed by atoms with van der Waals surface area (Å²) in [5, 5.41) is 9.87. The molecule has 0 saturated carbocycles. The zero-order valence-electron chi connectivity index (χ0n) is 17.5. The molecule has 0 aliphatic carbocycles. The smallest absolute Gasteiger partial charge is 0.408 e. The van der Waals surface area contributed by atoms with E-state index in [0.717, 1.165) is 15.6 Å². The Morgan fingerprint density at radius 3 is 2.58 bits per heavy atom. The van der Waals surface area contributed by atoms with E-state index in [-0.39, 0.29) is 19.0 Å². The van der Waals surface area contributed by atoms with Gasteiger partial charge in [0.1, 0.15) is 17.5 Å². The van der Waals surface area contributed by atoms with Crippen molar-refractivity contribution in [3.8, 4) is 11.5 Å². The van der Waals surface area contributed by atoms with E-state index >= 15 is 0 Å². The maximum Gasteiger partial charge on any atom is 0.408 e. The molecule has 0 fully saturated rings. The third-order valence-corrected chi connectivity index (χ3v) is 5.75. The number of carbonyl (C=O) groups excluding carboxylic acids is 1. The van der Waals surface area contributed by atoms with Crippen molar-refractivity contribution in [3.63, 3.8) is 0 Å². The SMILES string of the molecule is COc1ccc(CN2CC(Br)=CC[C@@H](N(Cc3ccccc3)C(=O)O)C2=O)c(OC)c1. The molecular weight excluding hydrogens is 464 g/mol. The van der Waals surface area contributed by atoms with E-state index < -0.39 is 12.1 Å². The van der Waals surface area contributed by atoms with Gasteiger partial charge >= 0.3 is 6.09 Å². The Kier molecular flexibility index (Phi) is 7.57. The number of ether oxygens (including phenoxy) is 2. The number of carboxylic acid groups (broad SMARTS) is 1. The molecule has 0 saturated heterocycles. The molecule has 2 aromatic rings. The molecular formula is C23H25BrN2O5. The molecule has 1 heterocycles. The van der Waals surface area contributed by atoms with Gasteiger partial charge in [0.25, 0.3) is 0 Å². The molecule has 1 N–H and O–H groups in total. The second kappa shape index (κ2) is 10.3. The van der Waals surface area contributed by atoms with Gasteiger partial charge in [0.15, 0.2) is 0 Å². The second-order valence-electron chi connectivity index (χ2n) is 7.17. The van der Waals surface area contributed by atoms with Crippen molar-refractivity contribution in [2.24, 2.45) is 0 Å². The van der Waals surface area contributed by atoms with Gasteiger partial charge < -0.3 is 19.5 Å². The highest BCUT2D eigenvalue weighted by Crippen LogP contribution is 2.28. The Morgan fingerprint density at radius 2 is 1.94 bits per heavy atom. The van der Waals surface area contributed by atoms with Crippen molar-refractivity contribution in [3.05, 3.63) is 70.2 Å². The van der Waals surface area contributed by atoms with E-state index in [4.69, 9.17) is 9.47 Å². The fraction of sp³-hybridized carbons (Fsp3) is 0.304. The lowest BCUT2D eigenvalue weighted by Crippen LogP contribution is -2.49. The minimum atomic E-state index is -1.13. The van der Waals surface area contributed by atoms with E-state index in [1.807, 2.05) is 48.5 Å². The van der Waals surface area contributed by atoms with Crippen LogP contribution in [0.3, 0.4) is 0 Å². The number of amides is 2. The summed E-state index contributed by atoms with van der Waals surface area (Å²) < 4.78 is 11.5. The van der Waals surface area contributed by atoms with Crippen LogP contribution in [0.15, 0.2) is 59.1 Å². The predicted octanol–water partition coefficient (Wildman–Crippen LogP) is 4.26. The Labute approximate surface area is 190 Å². The summed E-state index contributed by atoms with van der Waals surface area (Å²) in [6.07, 6.45) is 1.04. The van der Waals surface area contributed by atoms with Crippen LogP contribution in [0.1, 0.15) is 17.5 Å². The number of nitrogens with zero attached hydrogens (tertiary/aromatic N) is 2.